The highest BCUT2D eigenvalue weighted by atomic mass is 35.5. The van der Waals surface area contributed by atoms with Gasteiger partial charge in [0.15, 0.2) is 0 Å². The number of fused-ring (bicyclic) bond motifs is 6. The summed E-state index contributed by atoms with van der Waals surface area (Å²) in [5, 5.41) is 7.28. The van der Waals surface area contributed by atoms with Crippen LogP contribution < -0.4 is 14.8 Å². The summed E-state index contributed by atoms with van der Waals surface area (Å²) in [5.74, 6) is 1.22. The van der Waals surface area contributed by atoms with Gasteiger partial charge in [0.1, 0.15) is 45.9 Å². The monoisotopic (exact) mass is 1010 g/mol. The number of nitrogens with one attached hydrogen (secondary N) is 1. The standard InChI is InChI=1S/C24H26FN3O4S.C20H20FN3O2S.C4H7ClO2.ClH/c1-13(2)31-24(29)28-7-15-9-30-10-16(8-28)21(15)32-23-22-20(26-12-27-23)18(11-33-22)17-5-4-14(3)6-19(17)25;1-11-2-3-14(16(21)4-11)15-9-27-19-17(15)23-10-24-20(19)26-18-12-5-22-6-13(18)8-25-7-12;1-3(2)7-4(5)6;/h4-6,11-13,15-16,21H,7-10H2,1-3H3;2-4,9-10,12-13,18,22H,5-8H2,1H3;3H,1-2H3;1H. The summed E-state index contributed by atoms with van der Waals surface area (Å²) in [6.45, 7) is 16.1. The van der Waals surface area contributed by atoms with Gasteiger partial charge in [0, 0.05) is 94.5 Å². The molecule has 4 aliphatic rings. The second kappa shape index (κ2) is 22.7. The van der Waals surface area contributed by atoms with Crippen molar-refractivity contribution in [3.63, 3.8) is 0 Å². The van der Waals surface area contributed by atoms with Crippen LogP contribution in [0.1, 0.15) is 38.8 Å². The molecule has 10 rings (SSSR count). The second-order valence-electron chi connectivity index (χ2n) is 17.7. The number of rotatable bonds is 8. The van der Waals surface area contributed by atoms with E-state index >= 15 is 0 Å². The lowest BCUT2D eigenvalue weighted by atomic mass is 9.84. The number of carbonyl (C=O) groups excluding carboxylic acids is 2. The molecule has 0 spiro atoms. The predicted octanol–water partition coefficient (Wildman–Crippen LogP) is 10.3. The Kier molecular flexibility index (Phi) is 17.1. The average Bonchev–Trinajstić information content (AvgIpc) is 3.89. The van der Waals surface area contributed by atoms with Gasteiger partial charge in [-0.3, -0.25) is 0 Å². The van der Waals surface area contributed by atoms with Crippen molar-refractivity contribution in [2.24, 2.45) is 23.7 Å². The number of piperidine rings is 2. The van der Waals surface area contributed by atoms with E-state index in [-0.39, 0.29) is 66.4 Å². The van der Waals surface area contributed by atoms with E-state index in [9.17, 15) is 18.4 Å². The summed E-state index contributed by atoms with van der Waals surface area (Å²) in [6.07, 6.45) is 2.34. The zero-order valence-corrected chi connectivity index (χ0v) is 41.6. The van der Waals surface area contributed by atoms with Gasteiger partial charge in [-0.05, 0) is 64.8 Å². The van der Waals surface area contributed by atoms with Crippen LogP contribution in [-0.2, 0) is 18.9 Å². The smallest absolute Gasteiger partial charge is 0.410 e. The molecular weight excluding hydrogens is 962 g/mol. The van der Waals surface area contributed by atoms with Crippen LogP contribution in [0.5, 0.6) is 11.8 Å². The van der Waals surface area contributed by atoms with Crippen LogP contribution in [0, 0.1) is 49.2 Å². The highest BCUT2D eigenvalue weighted by molar-refractivity contribution is 7.18. The van der Waals surface area contributed by atoms with Gasteiger partial charge in [0.2, 0.25) is 11.8 Å². The molecule has 4 saturated heterocycles. The van der Waals surface area contributed by atoms with Crippen molar-refractivity contribution < 1.29 is 46.8 Å². The number of nitrogens with zero attached hydrogens (tertiary/aromatic N) is 5. The van der Waals surface area contributed by atoms with E-state index in [4.69, 9.17) is 35.3 Å². The van der Waals surface area contributed by atoms with Crippen LogP contribution in [0.3, 0.4) is 0 Å². The number of thiophene rings is 2. The van der Waals surface area contributed by atoms with Crippen molar-refractivity contribution in [1.29, 1.82) is 0 Å². The molecule has 4 bridgehead atoms. The van der Waals surface area contributed by atoms with Gasteiger partial charge in [-0.2, -0.15) is 0 Å². The third kappa shape index (κ3) is 11.8. The number of aromatic nitrogens is 4. The number of amides is 1. The Labute approximate surface area is 412 Å². The number of ether oxygens (including phenoxy) is 6. The summed E-state index contributed by atoms with van der Waals surface area (Å²) < 4.78 is 64.8. The molecule has 1 N–H and O–H groups in total. The zero-order valence-electron chi connectivity index (χ0n) is 38.4. The molecule has 1 amide bonds. The molecule has 0 radical (unpaired) electrons. The first-order valence-corrected chi connectivity index (χ1v) is 24.4. The molecule has 4 aliphatic heterocycles. The van der Waals surface area contributed by atoms with Crippen molar-refractivity contribution >= 4 is 78.6 Å². The summed E-state index contributed by atoms with van der Waals surface area (Å²) >= 11 is 7.76. The van der Waals surface area contributed by atoms with Gasteiger partial charge in [-0.1, -0.05) is 24.3 Å². The van der Waals surface area contributed by atoms with E-state index in [1.165, 1.54) is 41.4 Å². The summed E-state index contributed by atoms with van der Waals surface area (Å²) in [6, 6.07) is 10.5. The first-order chi connectivity index (χ1) is 32.2. The Hall–Kier alpha value is -4.82. The number of hydrogen-bond donors (Lipinski definition) is 1. The Morgan fingerprint density at radius 2 is 1.13 bits per heavy atom. The molecule has 4 unspecified atom stereocenters. The highest BCUT2D eigenvalue weighted by Gasteiger charge is 2.44. The average molecular weight is 1020 g/mol. The topological polar surface area (TPSA) is 156 Å². The Balaban J connectivity index is 0.000000177. The second-order valence-corrected chi connectivity index (χ2v) is 19.7. The largest absolute Gasteiger partial charge is 0.472 e. The summed E-state index contributed by atoms with van der Waals surface area (Å²) in [4.78, 5) is 41.6. The maximum Gasteiger partial charge on any atom is 0.410 e. The van der Waals surface area contributed by atoms with Gasteiger partial charge in [0.25, 0.3) is 0 Å². The third-order valence-electron chi connectivity index (χ3n) is 11.8. The lowest BCUT2D eigenvalue weighted by Crippen LogP contribution is -2.58. The van der Waals surface area contributed by atoms with Crippen LogP contribution in [0.15, 0.2) is 59.8 Å². The van der Waals surface area contributed by atoms with E-state index in [0.29, 0.717) is 79.8 Å². The molecule has 0 aliphatic carbocycles. The van der Waals surface area contributed by atoms with E-state index in [1.54, 1.807) is 30.9 Å². The molecule has 4 atom stereocenters. The molecule has 68 heavy (non-hydrogen) atoms. The predicted molar refractivity (Wildman–Crippen MR) is 260 cm³/mol. The highest BCUT2D eigenvalue weighted by Crippen LogP contribution is 2.41. The maximum atomic E-state index is 14.6. The van der Waals surface area contributed by atoms with E-state index in [0.717, 1.165) is 50.3 Å². The molecule has 20 heteroatoms. The van der Waals surface area contributed by atoms with Gasteiger partial charge in [0.05, 0.1) is 49.7 Å². The number of carbonyl (C=O) groups is 2. The molecule has 4 aromatic heterocycles. The van der Waals surface area contributed by atoms with Gasteiger partial charge >= 0.3 is 11.5 Å². The third-order valence-corrected chi connectivity index (χ3v) is 13.8. The van der Waals surface area contributed by atoms with Crippen LogP contribution in [0.4, 0.5) is 18.4 Å². The summed E-state index contributed by atoms with van der Waals surface area (Å²) in [7, 11) is 0. The fourth-order valence-corrected chi connectivity index (χ4v) is 10.9. The quantitative estimate of drug-likeness (QED) is 0.144. The number of halogens is 4. The Bertz CT molecular complexity index is 2680. The maximum absolute atomic E-state index is 14.6. The van der Waals surface area contributed by atoms with Gasteiger partial charge in [-0.15, -0.1) is 35.1 Å². The number of benzene rings is 2. The van der Waals surface area contributed by atoms with E-state index in [1.807, 2.05) is 56.7 Å². The number of likely N-dealkylation sites (tertiary alicyclic amines) is 1. The van der Waals surface area contributed by atoms with Crippen molar-refractivity contribution in [2.75, 3.05) is 52.6 Å². The van der Waals surface area contributed by atoms with E-state index < -0.39 is 5.43 Å². The molecule has 2 aromatic carbocycles. The van der Waals surface area contributed by atoms with Crippen molar-refractivity contribution in [3.05, 3.63) is 82.6 Å². The molecule has 4 fully saturated rings. The Morgan fingerprint density at radius 1 is 0.691 bits per heavy atom. The Morgan fingerprint density at radius 3 is 1.54 bits per heavy atom. The first kappa shape index (κ1) is 51.0. The SMILES string of the molecule is CC(C)OC(=O)Cl.Cc1ccc(-c2csc3c(OC4C5CNCC4COC5)ncnc23)c(F)c1.Cc1ccc(-c2csc3c(OC4C5COCC4CN(C(=O)OC(C)C)C5)ncnc23)c(F)c1.Cl. The minimum Gasteiger partial charge on any atom is -0.472 e. The van der Waals surface area contributed by atoms with Crippen LogP contribution in [-0.4, -0.2) is 113 Å². The van der Waals surface area contributed by atoms with Crippen LogP contribution >= 0.6 is 46.7 Å². The van der Waals surface area contributed by atoms with Crippen LogP contribution in [0.2, 0.25) is 0 Å². The lowest BCUT2D eigenvalue weighted by molar-refractivity contribution is -0.110. The number of aryl methyl sites for hydroxylation is 2. The fraction of sp³-hybridized carbons (Fsp3) is 0.458. The van der Waals surface area contributed by atoms with Gasteiger partial charge < -0.3 is 38.6 Å². The summed E-state index contributed by atoms with van der Waals surface area (Å²) in [5.41, 5.74) is 5.02. The molecule has 0 saturated carbocycles. The minimum atomic E-state index is -0.741. The normalized spacial score (nSPS) is 21.8. The first-order valence-electron chi connectivity index (χ1n) is 22.2. The molecule has 14 nitrogen and oxygen atoms in total. The van der Waals surface area contributed by atoms with E-state index in [2.05, 4.69) is 30.0 Å². The number of hydrogen-bond acceptors (Lipinski definition) is 15. The fourth-order valence-electron chi connectivity index (χ4n) is 8.79. The van der Waals surface area contributed by atoms with Crippen molar-refractivity contribution in [2.45, 2.75) is 66.0 Å². The molecule has 8 heterocycles. The molecular formula is C48H54Cl2F2N6O8S2. The van der Waals surface area contributed by atoms with Crippen molar-refractivity contribution in [1.82, 2.24) is 30.2 Å². The van der Waals surface area contributed by atoms with Gasteiger partial charge in [-0.25, -0.2) is 38.3 Å². The lowest BCUT2D eigenvalue weighted by Gasteiger charge is -2.45. The molecule has 364 valence electrons. The zero-order chi connectivity index (χ0) is 47.4. The minimum absolute atomic E-state index is 0. The van der Waals surface area contributed by atoms with Crippen molar-refractivity contribution in [3.8, 4) is 34.0 Å². The van der Waals surface area contributed by atoms with Crippen LogP contribution in [0.25, 0.3) is 42.7 Å². The molecule has 6 aromatic rings.